The summed E-state index contributed by atoms with van der Waals surface area (Å²) in [4.78, 5) is 34.6. The summed E-state index contributed by atoms with van der Waals surface area (Å²) in [6.07, 6.45) is 4.51. The molecule has 25 heavy (non-hydrogen) atoms. The molecule has 0 radical (unpaired) electrons. The van der Waals surface area contributed by atoms with Crippen LogP contribution in [-0.2, 0) is 4.79 Å². The number of H-pyrrole nitrogens is 1. The van der Waals surface area contributed by atoms with E-state index in [1.54, 1.807) is 13.4 Å². The van der Waals surface area contributed by atoms with Crippen molar-refractivity contribution in [1.29, 1.82) is 0 Å². The zero-order valence-electron chi connectivity index (χ0n) is 14.2. The molecule has 2 aromatic heterocycles. The van der Waals surface area contributed by atoms with Crippen LogP contribution in [0.3, 0.4) is 0 Å². The number of carboxylic acids is 1. The van der Waals surface area contributed by atoms with Gasteiger partial charge in [-0.05, 0) is 38.1 Å². The lowest BCUT2D eigenvalue weighted by atomic mass is 9.64. The van der Waals surface area contributed by atoms with Crippen LogP contribution in [-0.4, -0.2) is 50.2 Å². The monoisotopic (exact) mass is 346 g/mol. The predicted molar refractivity (Wildman–Crippen MR) is 91.6 cm³/mol. The third-order valence-electron chi connectivity index (χ3n) is 5.98. The highest BCUT2D eigenvalue weighted by Crippen LogP contribution is 2.59. The molecular weight excluding hydrogens is 324 g/mol. The van der Waals surface area contributed by atoms with Gasteiger partial charge in [0.1, 0.15) is 0 Å². The topological polar surface area (TPSA) is 125 Å². The number of hydrogen-bond donors (Lipinski definition) is 4. The largest absolute Gasteiger partial charge is 0.481 e. The van der Waals surface area contributed by atoms with Crippen LogP contribution in [0.5, 0.6) is 0 Å². The molecule has 0 saturated heterocycles. The number of fused-ring (bicyclic) bond motifs is 2. The van der Waals surface area contributed by atoms with Crippen LogP contribution < -0.4 is 16.2 Å². The highest BCUT2D eigenvalue weighted by Gasteiger charge is 2.59. The van der Waals surface area contributed by atoms with Crippen molar-refractivity contribution in [3.63, 3.8) is 0 Å². The lowest BCUT2D eigenvalue weighted by Crippen LogP contribution is -2.59. The maximum Gasteiger partial charge on any atom is 0.303 e. The van der Waals surface area contributed by atoms with Crippen molar-refractivity contribution in [3.8, 4) is 0 Å². The molecule has 1 unspecified atom stereocenters. The quantitative estimate of drug-likeness (QED) is 0.623. The number of carboxylic acid groups (broad SMARTS) is 1. The molecule has 2 heterocycles. The van der Waals surface area contributed by atoms with Crippen LogP contribution >= 0.6 is 0 Å². The van der Waals surface area contributed by atoms with Crippen LogP contribution in [0, 0.1) is 11.8 Å². The van der Waals surface area contributed by atoms with Gasteiger partial charge in [0.05, 0.1) is 6.33 Å². The standard InChI is InChI=1S/C16H22N6O3/c1-17-15-20-13-12(14(25)21-15)19-7-22(13)10-6-16(18-2)5-8(3-9(10)16)4-11(23)24/h7-10,18H,3-6H2,1-2H3,(H,23,24)(H2,17,20,21,25)/t8-,9+,10+,16?/m1/s1. The Kier molecular flexibility index (Phi) is 3.57. The molecule has 9 nitrogen and oxygen atoms in total. The van der Waals surface area contributed by atoms with Crippen molar-refractivity contribution >= 4 is 23.1 Å². The summed E-state index contributed by atoms with van der Waals surface area (Å²) >= 11 is 0. The van der Waals surface area contributed by atoms with Crippen molar-refractivity contribution in [2.75, 3.05) is 19.4 Å². The lowest BCUT2D eigenvalue weighted by molar-refractivity contribution is -0.138. The molecule has 0 aliphatic heterocycles. The molecule has 0 aromatic carbocycles. The second-order valence-electron chi connectivity index (χ2n) is 7.18. The fraction of sp³-hybridized carbons (Fsp3) is 0.625. The molecule has 2 aliphatic carbocycles. The van der Waals surface area contributed by atoms with Gasteiger partial charge in [-0.2, -0.15) is 4.98 Å². The first-order valence-electron chi connectivity index (χ1n) is 8.52. The van der Waals surface area contributed by atoms with E-state index in [4.69, 9.17) is 5.11 Å². The average molecular weight is 346 g/mol. The second-order valence-corrected chi connectivity index (χ2v) is 7.18. The van der Waals surface area contributed by atoms with Crippen molar-refractivity contribution < 1.29 is 9.90 Å². The molecular formula is C16H22N6O3. The Balaban J connectivity index is 1.68. The third-order valence-corrected chi connectivity index (χ3v) is 5.98. The van der Waals surface area contributed by atoms with E-state index in [1.807, 2.05) is 11.6 Å². The Labute approximate surface area is 143 Å². The summed E-state index contributed by atoms with van der Waals surface area (Å²) < 4.78 is 1.98. The molecule has 4 rings (SSSR count). The van der Waals surface area contributed by atoms with Gasteiger partial charge in [0, 0.05) is 25.0 Å². The van der Waals surface area contributed by atoms with Crippen molar-refractivity contribution in [3.05, 3.63) is 16.7 Å². The highest BCUT2D eigenvalue weighted by molar-refractivity contribution is 5.71. The molecule has 134 valence electrons. The molecule has 0 amide bonds. The summed E-state index contributed by atoms with van der Waals surface area (Å²) in [6.45, 7) is 0. The summed E-state index contributed by atoms with van der Waals surface area (Å²) in [6, 6.07) is 0.176. The van der Waals surface area contributed by atoms with E-state index in [0.29, 0.717) is 23.0 Å². The number of carbonyl (C=O) groups is 1. The van der Waals surface area contributed by atoms with E-state index < -0.39 is 5.97 Å². The molecule has 2 saturated carbocycles. The van der Waals surface area contributed by atoms with E-state index in [1.165, 1.54) is 0 Å². The van der Waals surface area contributed by atoms with Crippen LogP contribution in [0.2, 0.25) is 0 Å². The summed E-state index contributed by atoms with van der Waals surface area (Å²) in [5, 5.41) is 15.4. The number of aromatic amines is 1. The molecule has 4 N–H and O–H groups in total. The predicted octanol–water partition coefficient (Wildman–Crippen LogP) is 0.565. The van der Waals surface area contributed by atoms with Gasteiger partial charge < -0.3 is 20.3 Å². The van der Waals surface area contributed by atoms with Gasteiger partial charge >= 0.3 is 5.97 Å². The number of aromatic nitrogens is 4. The Morgan fingerprint density at radius 3 is 2.96 bits per heavy atom. The van der Waals surface area contributed by atoms with Crippen molar-refractivity contribution in [2.24, 2.45) is 11.8 Å². The van der Waals surface area contributed by atoms with Crippen LogP contribution in [0.15, 0.2) is 11.1 Å². The Morgan fingerprint density at radius 1 is 1.48 bits per heavy atom. The van der Waals surface area contributed by atoms with Gasteiger partial charge in [-0.25, -0.2) is 4.98 Å². The van der Waals surface area contributed by atoms with E-state index in [-0.39, 0.29) is 29.5 Å². The van der Waals surface area contributed by atoms with Gasteiger partial charge in [0.2, 0.25) is 5.95 Å². The van der Waals surface area contributed by atoms with Gasteiger partial charge in [0.25, 0.3) is 5.56 Å². The number of aliphatic carboxylic acids is 1. The van der Waals surface area contributed by atoms with Crippen LogP contribution in [0.25, 0.3) is 11.2 Å². The zero-order chi connectivity index (χ0) is 17.8. The number of nitrogens with one attached hydrogen (secondary N) is 3. The Hall–Kier alpha value is -2.42. The minimum Gasteiger partial charge on any atom is -0.481 e. The molecule has 2 aromatic rings. The van der Waals surface area contributed by atoms with Crippen LogP contribution in [0.1, 0.15) is 31.7 Å². The molecule has 0 bridgehead atoms. The lowest BCUT2D eigenvalue weighted by Gasteiger charge is -2.52. The third kappa shape index (κ3) is 2.33. The van der Waals surface area contributed by atoms with Gasteiger partial charge in [0.15, 0.2) is 11.2 Å². The van der Waals surface area contributed by atoms with E-state index in [2.05, 4.69) is 25.6 Å². The van der Waals surface area contributed by atoms with Gasteiger partial charge in [-0.15, -0.1) is 0 Å². The first-order valence-corrected chi connectivity index (χ1v) is 8.52. The zero-order valence-corrected chi connectivity index (χ0v) is 14.2. The SMILES string of the molecule is CNc1nc2c(ncn2[C@H]2CC3(NC)C[C@@H](CC(=O)O)C[C@@H]23)c(=O)[nH]1. The molecule has 0 spiro atoms. The number of anilines is 1. The Bertz CT molecular complexity index is 890. The second kappa shape index (κ2) is 5.55. The van der Waals surface area contributed by atoms with Crippen LogP contribution in [0.4, 0.5) is 5.95 Å². The fourth-order valence-electron chi connectivity index (χ4n) is 4.82. The smallest absolute Gasteiger partial charge is 0.303 e. The maximum atomic E-state index is 12.1. The molecule has 2 aliphatic rings. The molecule has 4 atom stereocenters. The number of hydrogen-bond acceptors (Lipinski definition) is 6. The average Bonchev–Trinajstić information content (AvgIpc) is 3.09. The van der Waals surface area contributed by atoms with E-state index in [9.17, 15) is 9.59 Å². The van der Waals surface area contributed by atoms with E-state index in [0.717, 1.165) is 19.3 Å². The number of imidazole rings is 1. The Morgan fingerprint density at radius 2 is 2.28 bits per heavy atom. The molecule has 9 heteroatoms. The maximum absolute atomic E-state index is 12.1. The van der Waals surface area contributed by atoms with Crippen molar-refractivity contribution in [2.45, 2.75) is 37.3 Å². The summed E-state index contributed by atoms with van der Waals surface area (Å²) in [5.74, 6) is 0.167. The van der Waals surface area contributed by atoms with Gasteiger partial charge in [-0.1, -0.05) is 0 Å². The highest BCUT2D eigenvalue weighted by atomic mass is 16.4. The van der Waals surface area contributed by atoms with E-state index >= 15 is 0 Å². The first kappa shape index (κ1) is 16.1. The van der Waals surface area contributed by atoms with Gasteiger partial charge in [-0.3, -0.25) is 14.6 Å². The number of rotatable bonds is 5. The normalized spacial score (nSPS) is 30.9. The van der Waals surface area contributed by atoms with Crippen molar-refractivity contribution in [1.82, 2.24) is 24.8 Å². The summed E-state index contributed by atoms with van der Waals surface area (Å²) in [7, 11) is 3.65. The first-order chi connectivity index (χ1) is 12.0. The molecule has 2 fully saturated rings. The fourth-order valence-corrected chi connectivity index (χ4v) is 4.82. The number of nitrogens with zero attached hydrogens (tertiary/aromatic N) is 3. The minimum atomic E-state index is -0.742. The summed E-state index contributed by atoms with van der Waals surface area (Å²) in [5.41, 5.74) is 0.627. The minimum absolute atomic E-state index is 0.0194.